The molecule has 0 bridgehead atoms. The molecule has 1 aromatic heterocycles. The van der Waals surface area contributed by atoms with Gasteiger partial charge in [0.1, 0.15) is 45.1 Å². The van der Waals surface area contributed by atoms with Gasteiger partial charge in [-0.2, -0.15) is 0 Å². The molecule has 18 heteroatoms. The second-order valence-corrected chi connectivity index (χ2v) is 18.1. The van der Waals surface area contributed by atoms with Gasteiger partial charge in [0.25, 0.3) is 15.9 Å². The third-order valence-corrected chi connectivity index (χ3v) is 12.8. The van der Waals surface area contributed by atoms with Gasteiger partial charge in [0, 0.05) is 35.9 Å². The van der Waals surface area contributed by atoms with Crippen molar-refractivity contribution in [1.29, 1.82) is 0 Å². The largest absolute Gasteiger partial charge is 0.496 e. The minimum atomic E-state index is -4.34. The number of benzene rings is 1. The summed E-state index contributed by atoms with van der Waals surface area (Å²) in [7, 11) is -2.96. The Balaban J connectivity index is 1.26. The number of fused-ring (bicyclic) bond motifs is 3. The maximum atomic E-state index is 14.5. The van der Waals surface area contributed by atoms with Gasteiger partial charge in [0.2, 0.25) is 11.8 Å². The molecular formula is C37H46FN5O10S2. The third-order valence-electron chi connectivity index (χ3n) is 10.1. The van der Waals surface area contributed by atoms with Gasteiger partial charge in [-0.3, -0.25) is 19.3 Å². The number of allylic oxidation sites excluding steroid dienone is 1. The molecule has 15 nitrogen and oxygen atoms in total. The van der Waals surface area contributed by atoms with Gasteiger partial charge in [-0.25, -0.2) is 27.1 Å². The monoisotopic (exact) mass is 803 g/mol. The molecule has 0 unspecified atom stereocenters. The molecule has 2 fully saturated rings. The molecule has 5 atom stereocenters. The maximum Gasteiger partial charge on any atom is 0.410 e. The fourth-order valence-electron chi connectivity index (χ4n) is 7.15. The molecule has 1 saturated heterocycles. The van der Waals surface area contributed by atoms with Crippen LogP contribution in [0.5, 0.6) is 5.75 Å². The topological polar surface area (TPSA) is 190 Å². The number of hydrogen-bond acceptors (Lipinski definition) is 11. The minimum Gasteiger partial charge on any atom is -0.496 e. The standard InChI is InChI=1S/C37H46FN5O10S2/c1-36(2,3)53-34(47)39-28-14-9-7-5-6-8-12-23-17-37(23,33(46)41-55(49,50)30-16-25(51-4)21-54-30)40-31(44)29-15-24(19-43(29)32(28)45)52-35(48)42-18-22-11-10-13-27(38)26(22)20-42/h8,10-13,16,21,23-24,28-29H,5-7,9,14-15,17-20H2,1-4H3,(H,39,47)(H,40,44)(H,41,46)/b12-8-/t23-,24+,28-,29-,37+/m0/s1. The van der Waals surface area contributed by atoms with Gasteiger partial charge in [-0.15, -0.1) is 11.3 Å². The zero-order valence-electron chi connectivity index (χ0n) is 31.1. The van der Waals surface area contributed by atoms with Gasteiger partial charge >= 0.3 is 12.2 Å². The predicted molar refractivity (Wildman–Crippen MR) is 197 cm³/mol. The molecule has 1 aliphatic carbocycles. The summed E-state index contributed by atoms with van der Waals surface area (Å²) >= 11 is 0.863. The SMILES string of the molecule is COc1csc(S(=O)(=O)NC(=O)[C@@]23C[C@@H]2/C=C\CCCCC[C@H](NC(=O)OC(C)(C)C)C(=O)N2C[C@H](OC(=O)N4Cc5cccc(F)c5C4)C[C@H]2C(=O)N3)c1. The van der Waals surface area contributed by atoms with E-state index in [1.54, 1.807) is 39.0 Å². The van der Waals surface area contributed by atoms with Crippen LogP contribution in [0.25, 0.3) is 0 Å². The normalized spacial score (nSPS) is 26.3. The van der Waals surface area contributed by atoms with Crippen LogP contribution < -0.4 is 20.1 Å². The summed E-state index contributed by atoms with van der Waals surface area (Å²) in [5.41, 5.74) is -1.50. The first-order chi connectivity index (χ1) is 26.0. The molecule has 5 amide bonds. The van der Waals surface area contributed by atoms with Crippen molar-refractivity contribution >= 4 is 51.3 Å². The predicted octanol–water partition coefficient (Wildman–Crippen LogP) is 4.11. The van der Waals surface area contributed by atoms with Gasteiger partial charge in [-0.1, -0.05) is 37.1 Å². The van der Waals surface area contributed by atoms with Crippen LogP contribution in [0, 0.1) is 11.7 Å². The second kappa shape index (κ2) is 15.8. The number of halogens is 1. The van der Waals surface area contributed by atoms with E-state index < -0.39 is 81.0 Å². The fraction of sp³-hybridized carbons (Fsp3) is 0.541. The Kier molecular flexibility index (Phi) is 11.5. The molecule has 3 N–H and O–H groups in total. The van der Waals surface area contributed by atoms with Gasteiger partial charge in [0.05, 0.1) is 20.2 Å². The molecule has 3 aliphatic heterocycles. The van der Waals surface area contributed by atoms with Crippen molar-refractivity contribution in [3.8, 4) is 5.75 Å². The number of ether oxygens (including phenoxy) is 3. The Bertz CT molecular complexity index is 1980. The fourth-order valence-corrected chi connectivity index (χ4v) is 9.31. The number of rotatable bonds is 6. The summed E-state index contributed by atoms with van der Waals surface area (Å²) in [5, 5.41) is 6.91. The molecule has 1 saturated carbocycles. The van der Waals surface area contributed by atoms with Crippen molar-refractivity contribution in [2.75, 3.05) is 13.7 Å². The highest BCUT2D eigenvalue weighted by atomic mass is 32.2. The van der Waals surface area contributed by atoms with Gasteiger partial charge in [-0.05, 0) is 58.1 Å². The first-order valence-corrected chi connectivity index (χ1v) is 20.6. The van der Waals surface area contributed by atoms with Crippen LogP contribution in [0.1, 0.15) is 76.8 Å². The number of nitrogens with one attached hydrogen (secondary N) is 3. The quantitative estimate of drug-likeness (QED) is 0.359. The number of sulfonamides is 1. The average Bonchev–Trinajstić information content (AvgIpc) is 3.53. The van der Waals surface area contributed by atoms with Gasteiger partial charge < -0.3 is 29.7 Å². The first kappa shape index (κ1) is 40.0. The summed E-state index contributed by atoms with van der Waals surface area (Å²) in [6.45, 7) is 4.93. The van der Waals surface area contributed by atoms with Crippen molar-refractivity contribution < 1.29 is 51.0 Å². The molecule has 0 spiro atoms. The summed E-state index contributed by atoms with van der Waals surface area (Å²) in [6.07, 6.45) is 3.86. The third kappa shape index (κ3) is 9.06. The van der Waals surface area contributed by atoms with Crippen LogP contribution >= 0.6 is 11.3 Å². The molecule has 6 rings (SSSR count). The molecule has 4 aliphatic rings. The summed E-state index contributed by atoms with van der Waals surface area (Å²) in [4.78, 5) is 71.4. The lowest BCUT2D eigenvalue weighted by molar-refractivity contribution is -0.141. The second-order valence-electron chi connectivity index (χ2n) is 15.3. The lowest BCUT2D eigenvalue weighted by Gasteiger charge is -2.30. The van der Waals surface area contributed by atoms with E-state index >= 15 is 0 Å². The first-order valence-electron chi connectivity index (χ1n) is 18.2. The number of methoxy groups -OCH3 is 1. The van der Waals surface area contributed by atoms with Crippen LogP contribution in [-0.4, -0.2) is 91.1 Å². The van der Waals surface area contributed by atoms with Crippen molar-refractivity contribution in [3.63, 3.8) is 0 Å². The minimum absolute atomic E-state index is 0.0182. The lowest BCUT2D eigenvalue weighted by atomic mass is 10.0. The Morgan fingerprint density at radius 3 is 2.60 bits per heavy atom. The Morgan fingerprint density at radius 1 is 1.11 bits per heavy atom. The number of amides is 5. The molecule has 2 aromatic rings. The van der Waals surface area contributed by atoms with E-state index in [0.29, 0.717) is 36.1 Å². The highest BCUT2D eigenvalue weighted by Gasteiger charge is 2.62. The maximum absolute atomic E-state index is 14.5. The summed E-state index contributed by atoms with van der Waals surface area (Å²) in [5.74, 6) is -3.03. The highest BCUT2D eigenvalue weighted by molar-refractivity contribution is 7.92. The molecule has 0 radical (unpaired) electrons. The smallest absolute Gasteiger partial charge is 0.410 e. The van der Waals surface area contributed by atoms with E-state index in [4.69, 9.17) is 14.2 Å². The Labute approximate surface area is 323 Å². The highest BCUT2D eigenvalue weighted by Crippen LogP contribution is 2.46. The molecular weight excluding hydrogens is 758 g/mol. The van der Waals surface area contributed by atoms with Crippen LogP contribution in [0.4, 0.5) is 14.0 Å². The average molecular weight is 804 g/mol. The summed E-state index contributed by atoms with van der Waals surface area (Å²) < 4.78 is 59.3. The zero-order valence-corrected chi connectivity index (χ0v) is 32.7. The number of alkyl carbamates (subject to hydrolysis) is 1. The van der Waals surface area contributed by atoms with Crippen LogP contribution in [0.15, 0.2) is 46.0 Å². The number of carbonyl (C=O) groups is 5. The van der Waals surface area contributed by atoms with Gasteiger partial charge in [0.15, 0.2) is 0 Å². The number of hydrogen-bond donors (Lipinski definition) is 3. The lowest BCUT2D eigenvalue weighted by Crippen LogP contribution is -2.58. The van der Waals surface area contributed by atoms with E-state index in [-0.39, 0.29) is 43.1 Å². The van der Waals surface area contributed by atoms with E-state index in [0.717, 1.165) is 17.8 Å². The van der Waals surface area contributed by atoms with Crippen molar-refractivity contribution in [2.45, 2.75) is 112 Å². The Morgan fingerprint density at radius 2 is 1.89 bits per heavy atom. The van der Waals surface area contributed by atoms with E-state index in [9.17, 15) is 36.8 Å². The number of carbonyl (C=O) groups excluding carboxylic acids is 5. The molecule has 4 heterocycles. The van der Waals surface area contributed by atoms with E-state index in [1.807, 2.05) is 6.08 Å². The van der Waals surface area contributed by atoms with Crippen molar-refractivity contribution in [3.05, 3.63) is 58.7 Å². The number of thiophene rings is 1. The van der Waals surface area contributed by atoms with Crippen LogP contribution in [0.2, 0.25) is 0 Å². The van der Waals surface area contributed by atoms with Crippen LogP contribution in [0.3, 0.4) is 0 Å². The molecule has 1 aromatic carbocycles. The summed E-state index contributed by atoms with van der Waals surface area (Å²) in [6, 6.07) is 3.48. The number of nitrogens with zero attached hydrogens (tertiary/aromatic N) is 2. The van der Waals surface area contributed by atoms with Crippen molar-refractivity contribution in [1.82, 2.24) is 25.2 Å². The Hall–Kier alpha value is -4.71. The van der Waals surface area contributed by atoms with E-state index in [2.05, 4.69) is 15.4 Å². The van der Waals surface area contributed by atoms with Crippen LogP contribution in [-0.2, 0) is 47.0 Å². The van der Waals surface area contributed by atoms with Crippen molar-refractivity contribution in [2.24, 2.45) is 5.92 Å². The molecule has 55 heavy (non-hydrogen) atoms. The van der Waals surface area contributed by atoms with E-state index in [1.165, 1.54) is 34.4 Å². The molecule has 298 valence electrons. The zero-order chi connectivity index (χ0) is 39.7.